The van der Waals surface area contributed by atoms with Crippen LogP contribution in [0.5, 0.6) is 0 Å². The summed E-state index contributed by atoms with van der Waals surface area (Å²) in [5.41, 5.74) is 0. The highest BCUT2D eigenvalue weighted by Crippen LogP contribution is 2.22. The molecule has 0 heterocycles. The minimum atomic E-state index is -3.74. The fraction of sp³-hybridized carbons (Fsp3) is 1.00. The molecule has 0 saturated heterocycles. The summed E-state index contributed by atoms with van der Waals surface area (Å²) in [6.45, 7) is 2.10. The van der Waals surface area contributed by atoms with Crippen LogP contribution in [0.25, 0.3) is 0 Å². The molecule has 0 unspecified atom stereocenters. The lowest BCUT2D eigenvalue weighted by atomic mass is 10.6. The third-order valence-corrected chi connectivity index (χ3v) is 4.50. The Morgan fingerprint density at radius 3 is 2.33 bits per heavy atom. The zero-order valence-corrected chi connectivity index (χ0v) is 9.47. The highest BCUT2D eigenvalue weighted by atomic mass is 33.1. The molecule has 0 aromatic carbocycles. The molecule has 0 aromatic rings. The molecule has 0 bridgehead atoms. The topological polar surface area (TPSA) is 54.4 Å². The standard InChI is InChI=1S/C6H14O3S3/c1-2-4-10-11-5-3-6-12(7,8)9/h2-6H2,1H3,(H,7,8,9). The van der Waals surface area contributed by atoms with Crippen LogP contribution in [-0.4, -0.2) is 30.2 Å². The molecule has 0 aliphatic rings. The lowest BCUT2D eigenvalue weighted by Gasteiger charge is -1.97. The second-order valence-electron chi connectivity index (χ2n) is 2.28. The maximum Gasteiger partial charge on any atom is 0.264 e. The van der Waals surface area contributed by atoms with Gasteiger partial charge in [-0.1, -0.05) is 28.5 Å². The van der Waals surface area contributed by atoms with Gasteiger partial charge in [0, 0.05) is 11.5 Å². The molecule has 0 aliphatic carbocycles. The van der Waals surface area contributed by atoms with Gasteiger partial charge in [0.2, 0.25) is 0 Å². The van der Waals surface area contributed by atoms with Gasteiger partial charge in [-0.3, -0.25) is 4.55 Å². The van der Waals surface area contributed by atoms with E-state index in [2.05, 4.69) is 6.92 Å². The van der Waals surface area contributed by atoms with Crippen LogP contribution < -0.4 is 0 Å². The van der Waals surface area contributed by atoms with Gasteiger partial charge in [-0.2, -0.15) is 8.42 Å². The zero-order chi connectivity index (χ0) is 9.45. The van der Waals surface area contributed by atoms with Gasteiger partial charge in [-0.05, 0) is 12.8 Å². The first-order valence-electron chi connectivity index (χ1n) is 3.76. The predicted octanol–water partition coefficient (Wildman–Crippen LogP) is 2.06. The summed E-state index contributed by atoms with van der Waals surface area (Å²) in [6.07, 6.45) is 1.66. The van der Waals surface area contributed by atoms with E-state index in [0.717, 1.165) is 17.9 Å². The molecule has 12 heavy (non-hydrogen) atoms. The first kappa shape index (κ1) is 12.6. The summed E-state index contributed by atoms with van der Waals surface area (Å²) in [4.78, 5) is 0. The van der Waals surface area contributed by atoms with E-state index in [1.807, 2.05) is 0 Å². The Balaban J connectivity index is 3.12. The molecule has 0 spiro atoms. The van der Waals surface area contributed by atoms with Gasteiger partial charge < -0.3 is 0 Å². The Kier molecular flexibility index (Phi) is 7.41. The van der Waals surface area contributed by atoms with Crippen LogP contribution in [0.15, 0.2) is 0 Å². The molecule has 0 radical (unpaired) electrons. The van der Waals surface area contributed by atoms with Crippen molar-refractivity contribution in [3.05, 3.63) is 0 Å². The molecule has 0 rings (SSSR count). The van der Waals surface area contributed by atoms with Gasteiger partial charge in [0.15, 0.2) is 0 Å². The lowest BCUT2D eigenvalue weighted by molar-refractivity contribution is 0.482. The number of hydrogen-bond acceptors (Lipinski definition) is 4. The first-order valence-corrected chi connectivity index (χ1v) is 7.85. The van der Waals surface area contributed by atoms with Gasteiger partial charge in [-0.25, -0.2) is 0 Å². The maximum absolute atomic E-state index is 10.3. The van der Waals surface area contributed by atoms with E-state index >= 15 is 0 Å². The van der Waals surface area contributed by atoms with Crippen molar-refractivity contribution >= 4 is 31.7 Å². The van der Waals surface area contributed by atoms with Gasteiger partial charge in [0.05, 0.1) is 5.75 Å². The van der Waals surface area contributed by atoms with Crippen molar-refractivity contribution in [2.75, 3.05) is 17.3 Å². The normalized spacial score (nSPS) is 11.8. The first-order chi connectivity index (χ1) is 5.56. The smallest absolute Gasteiger partial charge is 0.264 e. The summed E-state index contributed by atoms with van der Waals surface area (Å²) in [7, 11) is -0.336. The SMILES string of the molecule is CCCSSCCCS(=O)(=O)O. The second kappa shape index (κ2) is 7.06. The van der Waals surface area contributed by atoms with E-state index in [1.165, 1.54) is 0 Å². The van der Waals surface area contributed by atoms with Crippen LogP contribution >= 0.6 is 21.6 Å². The molecule has 0 saturated carbocycles. The molecule has 0 aromatic heterocycles. The average Bonchev–Trinajstić information content (AvgIpc) is 1.94. The summed E-state index contributed by atoms with van der Waals surface area (Å²) < 4.78 is 28.9. The summed E-state index contributed by atoms with van der Waals surface area (Å²) in [6, 6.07) is 0. The molecular weight excluding hydrogens is 216 g/mol. The highest BCUT2D eigenvalue weighted by Gasteiger charge is 2.02. The lowest BCUT2D eigenvalue weighted by Crippen LogP contribution is -2.04. The van der Waals surface area contributed by atoms with E-state index in [9.17, 15) is 8.42 Å². The van der Waals surface area contributed by atoms with Crippen molar-refractivity contribution in [2.24, 2.45) is 0 Å². The maximum atomic E-state index is 10.3. The fourth-order valence-electron chi connectivity index (χ4n) is 0.501. The molecule has 0 aliphatic heterocycles. The number of hydrogen-bond donors (Lipinski definition) is 1. The number of rotatable bonds is 7. The molecule has 3 nitrogen and oxygen atoms in total. The molecule has 0 atom stereocenters. The van der Waals surface area contributed by atoms with Crippen molar-refractivity contribution in [1.82, 2.24) is 0 Å². The monoisotopic (exact) mass is 230 g/mol. The average molecular weight is 230 g/mol. The van der Waals surface area contributed by atoms with Crippen molar-refractivity contribution in [3.63, 3.8) is 0 Å². The van der Waals surface area contributed by atoms with Crippen molar-refractivity contribution in [2.45, 2.75) is 19.8 Å². The van der Waals surface area contributed by atoms with E-state index in [0.29, 0.717) is 6.42 Å². The molecular formula is C6H14O3S3. The minimum Gasteiger partial charge on any atom is -0.286 e. The van der Waals surface area contributed by atoms with Crippen LogP contribution in [-0.2, 0) is 10.1 Å². The summed E-state index contributed by atoms with van der Waals surface area (Å²) in [5.74, 6) is 1.76. The second-order valence-corrected chi connectivity index (χ2v) is 6.56. The van der Waals surface area contributed by atoms with Crippen LogP contribution in [0.2, 0.25) is 0 Å². The Morgan fingerprint density at radius 1 is 1.25 bits per heavy atom. The molecule has 0 fully saturated rings. The van der Waals surface area contributed by atoms with Crippen LogP contribution in [0, 0.1) is 0 Å². The zero-order valence-electron chi connectivity index (χ0n) is 7.02. The Labute approximate surface area is 81.8 Å². The van der Waals surface area contributed by atoms with E-state index in [1.54, 1.807) is 21.6 Å². The van der Waals surface area contributed by atoms with Gasteiger partial charge in [0.25, 0.3) is 10.1 Å². The Bertz CT molecular complexity index is 188. The summed E-state index contributed by atoms with van der Waals surface area (Å²) in [5, 5.41) is 0. The van der Waals surface area contributed by atoms with Gasteiger partial charge in [0.1, 0.15) is 0 Å². The highest BCUT2D eigenvalue weighted by molar-refractivity contribution is 8.76. The Hall–Kier alpha value is 0.610. The van der Waals surface area contributed by atoms with Gasteiger partial charge in [-0.15, -0.1) is 0 Å². The Morgan fingerprint density at radius 2 is 1.83 bits per heavy atom. The van der Waals surface area contributed by atoms with Crippen LogP contribution in [0.4, 0.5) is 0 Å². The van der Waals surface area contributed by atoms with E-state index in [-0.39, 0.29) is 5.75 Å². The molecule has 1 N–H and O–H groups in total. The van der Waals surface area contributed by atoms with Crippen molar-refractivity contribution in [1.29, 1.82) is 0 Å². The quantitative estimate of drug-likeness (QED) is 0.412. The molecule has 74 valence electrons. The minimum absolute atomic E-state index is 0.118. The predicted molar refractivity (Wildman–Crippen MR) is 56.2 cm³/mol. The largest absolute Gasteiger partial charge is 0.286 e. The summed E-state index contributed by atoms with van der Waals surface area (Å²) >= 11 is 0. The van der Waals surface area contributed by atoms with E-state index < -0.39 is 10.1 Å². The van der Waals surface area contributed by atoms with Gasteiger partial charge >= 0.3 is 0 Å². The third kappa shape index (κ3) is 10.6. The van der Waals surface area contributed by atoms with Crippen molar-refractivity contribution in [3.8, 4) is 0 Å². The van der Waals surface area contributed by atoms with Crippen LogP contribution in [0.3, 0.4) is 0 Å². The molecule has 0 amide bonds. The van der Waals surface area contributed by atoms with E-state index in [4.69, 9.17) is 4.55 Å². The fourth-order valence-corrected chi connectivity index (χ4v) is 3.42. The van der Waals surface area contributed by atoms with Crippen molar-refractivity contribution < 1.29 is 13.0 Å². The molecule has 6 heteroatoms. The van der Waals surface area contributed by atoms with Crippen LogP contribution in [0.1, 0.15) is 19.8 Å². The third-order valence-electron chi connectivity index (χ3n) is 1.00.